The molecule has 0 atom stereocenters. The van der Waals surface area contributed by atoms with Gasteiger partial charge in [0.05, 0.1) is 32.6 Å². The first kappa shape index (κ1) is 25.0. The fourth-order valence-corrected chi connectivity index (χ4v) is 4.06. The number of carbonyl (C=O) groups is 1. The van der Waals surface area contributed by atoms with Crippen LogP contribution in [0.25, 0.3) is 10.9 Å². The number of halogens is 2. The van der Waals surface area contributed by atoms with E-state index >= 15 is 0 Å². The van der Waals surface area contributed by atoms with E-state index in [1.807, 2.05) is 0 Å². The lowest BCUT2D eigenvalue weighted by molar-refractivity contribution is -0.385. The fourth-order valence-electron chi connectivity index (χ4n) is 3.42. The fraction of sp³-hybridized carbons (Fsp3) is 0.0833. The monoisotopic (exact) mass is 570 g/mol. The van der Waals surface area contributed by atoms with Crippen LogP contribution in [0, 0.1) is 17.0 Å². The Bertz CT molecular complexity index is 1620. The lowest BCUT2D eigenvalue weighted by Gasteiger charge is -2.10. The van der Waals surface area contributed by atoms with Crippen LogP contribution in [0.3, 0.4) is 0 Å². The first-order chi connectivity index (χ1) is 17.1. The zero-order valence-corrected chi connectivity index (χ0v) is 20.9. The molecule has 0 aliphatic heterocycles. The largest absolute Gasteiger partial charge is 0.481 e. The Morgan fingerprint density at radius 1 is 1.28 bits per heavy atom. The highest BCUT2D eigenvalue weighted by Crippen LogP contribution is 2.36. The van der Waals surface area contributed by atoms with Gasteiger partial charge in [0.15, 0.2) is 0 Å². The van der Waals surface area contributed by atoms with Gasteiger partial charge >= 0.3 is 11.7 Å². The van der Waals surface area contributed by atoms with E-state index in [0.29, 0.717) is 26.8 Å². The van der Waals surface area contributed by atoms with E-state index in [1.54, 1.807) is 37.3 Å². The predicted molar refractivity (Wildman–Crippen MR) is 137 cm³/mol. The second-order valence-electron chi connectivity index (χ2n) is 7.58. The van der Waals surface area contributed by atoms with Crippen molar-refractivity contribution in [3.63, 3.8) is 0 Å². The van der Waals surface area contributed by atoms with Crippen molar-refractivity contribution < 1.29 is 19.6 Å². The molecule has 0 bridgehead atoms. The summed E-state index contributed by atoms with van der Waals surface area (Å²) in [6.07, 6.45) is 1.26. The molecule has 1 N–H and O–H groups in total. The molecule has 0 unspecified atom stereocenters. The van der Waals surface area contributed by atoms with E-state index in [4.69, 9.17) is 21.4 Å². The summed E-state index contributed by atoms with van der Waals surface area (Å²) in [6.45, 7) is 1.48. The average molecular weight is 572 g/mol. The summed E-state index contributed by atoms with van der Waals surface area (Å²) in [5, 5.41) is 25.3. The van der Waals surface area contributed by atoms with E-state index in [0.717, 1.165) is 4.68 Å². The Morgan fingerprint density at radius 3 is 2.78 bits per heavy atom. The summed E-state index contributed by atoms with van der Waals surface area (Å²) < 4.78 is 7.39. The number of aromatic carboxylic acids is 1. The summed E-state index contributed by atoms with van der Waals surface area (Å²) in [4.78, 5) is 39.5. The molecule has 0 spiro atoms. The van der Waals surface area contributed by atoms with Crippen molar-refractivity contribution in [2.75, 3.05) is 0 Å². The van der Waals surface area contributed by atoms with Gasteiger partial charge in [0.1, 0.15) is 12.4 Å². The van der Waals surface area contributed by atoms with Gasteiger partial charge < -0.3 is 9.84 Å². The topological polar surface area (TPSA) is 137 Å². The molecule has 0 amide bonds. The van der Waals surface area contributed by atoms with Crippen molar-refractivity contribution in [2.45, 2.75) is 13.5 Å². The molecule has 1 aromatic heterocycles. The van der Waals surface area contributed by atoms with Gasteiger partial charge in [-0.1, -0.05) is 39.7 Å². The van der Waals surface area contributed by atoms with Gasteiger partial charge in [0.25, 0.3) is 5.56 Å². The number of benzene rings is 3. The number of nitro benzene ring substituents is 1. The number of carboxylic acids is 1. The summed E-state index contributed by atoms with van der Waals surface area (Å²) in [5.74, 6) is -0.951. The van der Waals surface area contributed by atoms with E-state index in [9.17, 15) is 19.7 Å². The van der Waals surface area contributed by atoms with Gasteiger partial charge in [-0.05, 0) is 48.9 Å². The van der Waals surface area contributed by atoms with Crippen LogP contribution < -0.4 is 10.3 Å². The number of hydrogen-bond acceptors (Lipinski definition) is 7. The number of rotatable bonds is 7. The van der Waals surface area contributed by atoms with Crippen LogP contribution in [-0.2, 0) is 6.61 Å². The van der Waals surface area contributed by atoms with Crippen molar-refractivity contribution in [1.29, 1.82) is 0 Å². The molecule has 0 fully saturated rings. The zero-order chi connectivity index (χ0) is 26.0. The maximum Gasteiger partial charge on any atom is 0.335 e. The molecule has 0 aliphatic carbocycles. The van der Waals surface area contributed by atoms with E-state index in [1.165, 1.54) is 30.5 Å². The number of nitrogens with zero attached hydrogens (tertiary/aromatic N) is 4. The zero-order valence-electron chi connectivity index (χ0n) is 18.5. The summed E-state index contributed by atoms with van der Waals surface area (Å²) in [5.41, 5.74) is 0.511. The molecule has 1 heterocycles. The highest BCUT2D eigenvalue weighted by Gasteiger charge is 2.21. The number of carboxylic acid groups (broad SMARTS) is 1. The van der Waals surface area contributed by atoms with Crippen molar-refractivity contribution in [3.05, 3.63) is 107 Å². The Morgan fingerprint density at radius 2 is 2.06 bits per heavy atom. The van der Waals surface area contributed by atoms with Crippen LogP contribution in [0.2, 0.25) is 5.02 Å². The number of aromatic nitrogens is 2. The van der Waals surface area contributed by atoms with Crippen molar-refractivity contribution >= 4 is 56.3 Å². The number of fused-ring (bicyclic) bond motifs is 1. The average Bonchev–Trinajstić information content (AvgIpc) is 2.83. The molecule has 182 valence electrons. The second-order valence-corrected chi connectivity index (χ2v) is 8.91. The minimum atomic E-state index is -1.10. The maximum absolute atomic E-state index is 12.9. The van der Waals surface area contributed by atoms with E-state index in [2.05, 4.69) is 26.0 Å². The normalized spacial score (nSPS) is 11.2. The van der Waals surface area contributed by atoms with Crippen molar-refractivity contribution in [2.24, 2.45) is 5.10 Å². The van der Waals surface area contributed by atoms with Crippen LogP contribution in [0.15, 0.2) is 69.0 Å². The molecule has 12 heteroatoms. The van der Waals surface area contributed by atoms with Crippen LogP contribution in [-0.4, -0.2) is 31.9 Å². The molecular formula is C24H16BrClN4O6. The number of aryl methyl sites for hydroxylation is 1. The molecule has 4 rings (SSSR count). The number of hydrogen-bond donors (Lipinski definition) is 1. The third kappa shape index (κ3) is 5.26. The van der Waals surface area contributed by atoms with Gasteiger partial charge in [0, 0.05) is 16.1 Å². The maximum atomic E-state index is 12.9. The van der Waals surface area contributed by atoms with Crippen LogP contribution >= 0.6 is 27.5 Å². The Labute approximate surface area is 216 Å². The van der Waals surface area contributed by atoms with E-state index < -0.39 is 22.1 Å². The van der Waals surface area contributed by atoms with Crippen LogP contribution in [0.5, 0.6) is 5.75 Å². The summed E-state index contributed by atoms with van der Waals surface area (Å²) >= 11 is 9.62. The molecule has 0 aliphatic rings. The minimum absolute atomic E-state index is 0.0512. The van der Waals surface area contributed by atoms with Crippen molar-refractivity contribution in [3.8, 4) is 5.75 Å². The van der Waals surface area contributed by atoms with Crippen molar-refractivity contribution in [1.82, 2.24) is 9.66 Å². The molecule has 0 saturated heterocycles. The van der Waals surface area contributed by atoms with Gasteiger partial charge in [-0.2, -0.15) is 9.78 Å². The molecule has 0 radical (unpaired) electrons. The molecule has 10 nitrogen and oxygen atoms in total. The third-order valence-corrected chi connectivity index (χ3v) is 5.87. The SMILES string of the molecule is Cc1nc2ccc(Br)cc2c(=O)n1N=Cc1cc(Cl)c(OCc2cccc(C(=O)O)c2)c([N+](=O)[O-])c1. The molecule has 0 saturated carbocycles. The smallest absolute Gasteiger partial charge is 0.335 e. The van der Waals surface area contributed by atoms with Crippen LogP contribution in [0.1, 0.15) is 27.3 Å². The van der Waals surface area contributed by atoms with E-state index in [-0.39, 0.29) is 28.5 Å². The quantitative estimate of drug-likeness (QED) is 0.183. The Balaban J connectivity index is 1.66. The van der Waals surface area contributed by atoms with Crippen LogP contribution in [0.4, 0.5) is 5.69 Å². The third-order valence-electron chi connectivity index (χ3n) is 5.09. The second kappa shape index (κ2) is 10.3. The first-order valence-electron chi connectivity index (χ1n) is 10.3. The molecular weight excluding hydrogens is 556 g/mol. The highest BCUT2D eigenvalue weighted by molar-refractivity contribution is 9.10. The highest BCUT2D eigenvalue weighted by atomic mass is 79.9. The molecule has 4 aromatic rings. The number of ether oxygens (including phenoxy) is 1. The Kier molecular flexibility index (Phi) is 7.13. The van der Waals surface area contributed by atoms with Gasteiger partial charge in [0.2, 0.25) is 5.75 Å². The lowest BCUT2D eigenvalue weighted by Crippen LogP contribution is -2.20. The van der Waals surface area contributed by atoms with Gasteiger partial charge in [-0.3, -0.25) is 14.9 Å². The molecule has 3 aromatic carbocycles. The summed E-state index contributed by atoms with van der Waals surface area (Å²) in [6, 6.07) is 13.7. The standard InChI is InChI=1S/C24H16BrClN4O6/c1-13-28-20-6-5-17(25)10-18(20)23(31)29(13)27-11-15-8-19(26)22(21(9-15)30(34)35)36-12-14-3-2-4-16(7-14)24(32)33/h2-11H,12H2,1H3,(H,32,33). The minimum Gasteiger partial charge on any atom is -0.481 e. The van der Waals surface area contributed by atoms with Gasteiger partial charge in [-0.15, -0.1) is 0 Å². The predicted octanol–water partition coefficient (Wildman–Crippen LogP) is 5.19. The number of nitro groups is 1. The lowest BCUT2D eigenvalue weighted by atomic mass is 10.1. The summed E-state index contributed by atoms with van der Waals surface area (Å²) in [7, 11) is 0. The van der Waals surface area contributed by atoms with Gasteiger partial charge in [-0.25, -0.2) is 9.78 Å². The Hall–Kier alpha value is -4.09. The molecule has 36 heavy (non-hydrogen) atoms. The first-order valence-corrected chi connectivity index (χ1v) is 11.5.